The highest BCUT2D eigenvalue weighted by Crippen LogP contribution is 2.33. The summed E-state index contributed by atoms with van der Waals surface area (Å²) < 4.78 is 5.92. The Hall–Kier alpha value is -2.87. The van der Waals surface area contributed by atoms with E-state index in [-0.39, 0.29) is 52.5 Å². The SMILES string of the molecule is CC[C@@H](Nc1c(Nc2cccc(C(=O)N(CC)CC)c2O)c(=O)c1=O)[C@H]1CC[C@@H](C)O1. The van der Waals surface area contributed by atoms with E-state index in [1.165, 1.54) is 6.07 Å². The molecule has 2 aromatic carbocycles. The van der Waals surface area contributed by atoms with E-state index in [0.29, 0.717) is 13.1 Å². The van der Waals surface area contributed by atoms with Crippen molar-refractivity contribution in [3.63, 3.8) is 0 Å². The maximum atomic E-state index is 12.7. The summed E-state index contributed by atoms with van der Waals surface area (Å²) in [4.78, 5) is 38.8. The van der Waals surface area contributed by atoms with Gasteiger partial charge in [-0.1, -0.05) is 13.0 Å². The van der Waals surface area contributed by atoms with Gasteiger partial charge in [-0.2, -0.15) is 0 Å². The predicted octanol–water partition coefficient (Wildman–Crippen LogP) is 2.97. The minimum absolute atomic E-state index is 0.0272. The lowest BCUT2D eigenvalue weighted by molar-refractivity contribution is 0.0438. The first-order chi connectivity index (χ1) is 14.8. The van der Waals surface area contributed by atoms with Gasteiger partial charge < -0.3 is 25.4 Å². The van der Waals surface area contributed by atoms with Gasteiger partial charge in [0, 0.05) is 13.1 Å². The molecule has 168 valence electrons. The van der Waals surface area contributed by atoms with Gasteiger partial charge in [-0.15, -0.1) is 0 Å². The second-order valence-electron chi connectivity index (χ2n) is 7.93. The molecule has 3 N–H and O–H groups in total. The standard InChI is InChI=1S/C23H31N3O5/c1-5-15(17-12-11-13(4)31-17)24-18-19(22(29)21(18)28)25-16-10-8-9-14(20(16)27)23(30)26(6-2)7-3/h8-10,13,15,17,24-25,27H,5-7,11-12H2,1-4H3/t13-,15-,17-/m1/s1. The Bertz CT molecular complexity index is 1010. The van der Waals surface area contributed by atoms with Crippen molar-refractivity contribution in [3.8, 4) is 5.75 Å². The fourth-order valence-corrected chi connectivity index (χ4v) is 4.05. The molecule has 2 aromatic rings. The first-order valence-corrected chi connectivity index (χ1v) is 11.0. The van der Waals surface area contributed by atoms with Crippen LogP contribution in [0.1, 0.15) is 57.3 Å². The predicted molar refractivity (Wildman–Crippen MR) is 121 cm³/mol. The molecular weight excluding hydrogens is 398 g/mol. The molecule has 1 amide bonds. The first kappa shape index (κ1) is 22.8. The lowest BCUT2D eigenvalue weighted by atomic mass is 10.0. The smallest absolute Gasteiger partial charge is 0.257 e. The van der Waals surface area contributed by atoms with Crippen LogP contribution in [0.3, 0.4) is 0 Å². The van der Waals surface area contributed by atoms with E-state index in [1.54, 1.807) is 17.0 Å². The lowest BCUT2D eigenvalue weighted by Gasteiger charge is -2.26. The van der Waals surface area contributed by atoms with Crippen molar-refractivity contribution in [1.29, 1.82) is 0 Å². The third kappa shape index (κ3) is 4.44. The number of nitrogens with one attached hydrogen (secondary N) is 2. The van der Waals surface area contributed by atoms with Gasteiger partial charge in [0.05, 0.1) is 29.5 Å². The van der Waals surface area contributed by atoms with Crippen LogP contribution in [-0.2, 0) is 4.74 Å². The third-order valence-corrected chi connectivity index (χ3v) is 5.97. The number of para-hydroxylation sites is 1. The fraction of sp³-hybridized carbons (Fsp3) is 0.522. The molecule has 1 heterocycles. The molecule has 0 spiro atoms. The largest absolute Gasteiger partial charge is 0.505 e. The van der Waals surface area contributed by atoms with Crippen molar-refractivity contribution in [2.45, 2.75) is 65.2 Å². The van der Waals surface area contributed by atoms with E-state index in [1.807, 2.05) is 27.7 Å². The number of phenols is 1. The average molecular weight is 430 g/mol. The summed E-state index contributed by atoms with van der Waals surface area (Å²) in [6.45, 7) is 8.77. The molecule has 0 aromatic heterocycles. The minimum atomic E-state index is -0.655. The monoisotopic (exact) mass is 429 g/mol. The molecule has 8 nitrogen and oxygen atoms in total. The zero-order chi connectivity index (χ0) is 22.7. The van der Waals surface area contributed by atoms with E-state index in [4.69, 9.17) is 4.74 Å². The number of ether oxygens (including phenoxy) is 1. The molecule has 8 heteroatoms. The zero-order valence-corrected chi connectivity index (χ0v) is 18.5. The third-order valence-electron chi connectivity index (χ3n) is 5.97. The van der Waals surface area contributed by atoms with Crippen LogP contribution in [0.25, 0.3) is 0 Å². The minimum Gasteiger partial charge on any atom is -0.505 e. The molecular formula is C23H31N3O5. The van der Waals surface area contributed by atoms with Crippen LogP contribution in [0, 0.1) is 0 Å². The highest BCUT2D eigenvalue weighted by atomic mass is 16.5. The van der Waals surface area contributed by atoms with Crippen LogP contribution in [0.4, 0.5) is 17.1 Å². The van der Waals surface area contributed by atoms with E-state index in [9.17, 15) is 19.5 Å². The Labute approximate surface area is 181 Å². The number of benzene rings is 1. The molecule has 0 unspecified atom stereocenters. The van der Waals surface area contributed by atoms with E-state index >= 15 is 0 Å². The van der Waals surface area contributed by atoms with Gasteiger partial charge in [0.25, 0.3) is 16.8 Å². The number of phenolic OH excluding ortho intramolecular Hbond substituents is 1. The Kier molecular flexibility index (Phi) is 7.00. The second kappa shape index (κ2) is 9.51. The number of hydrogen-bond acceptors (Lipinski definition) is 7. The van der Waals surface area contributed by atoms with E-state index in [0.717, 1.165) is 19.3 Å². The summed E-state index contributed by atoms with van der Waals surface area (Å²) >= 11 is 0. The van der Waals surface area contributed by atoms with Gasteiger partial charge in [0.1, 0.15) is 11.4 Å². The Balaban J connectivity index is 1.84. The van der Waals surface area contributed by atoms with Crippen LogP contribution in [-0.4, -0.2) is 47.3 Å². The molecule has 0 saturated carbocycles. The summed E-state index contributed by atoms with van der Waals surface area (Å²) in [5.74, 6) is -0.550. The lowest BCUT2D eigenvalue weighted by Crippen LogP contribution is -2.42. The van der Waals surface area contributed by atoms with Crippen molar-refractivity contribution < 1.29 is 14.6 Å². The summed E-state index contributed by atoms with van der Waals surface area (Å²) in [5.41, 5.74) is -0.620. The summed E-state index contributed by atoms with van der Waals surface area (Å²) in [7, 11) is 0. The van der Waals surface area contributed by atoms with Crippen molar-refractivity contribution in [2.24, 2.45) is 0 Å². The van der Waals surface area contributed by atoms with Crippen LogP contribution >= 0.6 is 0 Å². The van der Waals surface area contributed by atoms with Gasteiger partial charge >= 0.3 is 0 Å². The van der Waals surface area contributed by atoms with Gasteiger partial charge in [-0.05, 0) is 52.2 Å². The summed E-state index contributed by atoms with van der Waals surface area (Å²) in [6.07, 6.45) is 2.73. The van der Waals surface area contributed by atoms with Gasteiger partial charge in [0.15, 0.2) is 5.75 Å². The topological polar surface area (TPSA) is 108 Å². The number of rotatable bonds is 9. The number of nitrogens with zero attached hydrogens (tertiary/aromatic N) is 1. The molecule has 0 aliphatic carbocycles. The Morgan fingerprint density at radius 3 is 2.42 bits per heavy atom. The van der Waals surface area contributed by atoms with Crippen molar-refractivity contribution >= 4 is 23.0 Å². The van der Waals surface area contributed by atoms with Gasteiger partial charge in [-0.25, -0.2) is 0 Å². The Morgan fingerprint density at radius 1 is 1.16 bits per heavy atom. The number of amides is 1. The van der Waals surface area contributed by atoms with Crippen molar-refractivity contribution in [2.75, 3.05) is 23.7 Å². The first-order valence-electron chi connectivity index (χ1n) is 11.0. The molecule has 1 saturated heterocycles. The summed E-state index contributed by atoms with van der Waals surface area (Å²) in [5, 5.41) is 16.7. The molecule has 0 bridgehead atoms. The number of carbonyl (C=O) groups excluding carboxylic acids is 1. The maximum Gasteiger partial charge on any atom is 0.257 e. The molecule has 3 rings (SSSR count). The Morgan fingerprint density at radius 2 is 1.84 bits per heavy atom. The number of carbonyl (C=O) groups is 1. The number of anilines is 3. The number of hydrogen-bond donors (Lipinski definition) is 3. The fourth-order valence-electron chi connectivity index (χ4n) is 4.05. The highest BCUT2D eigenvalue weighted by Gasteiger charge is 2.32. The van der Waals surface area contributed by atoms with Gasteiger partial charge in [0.2, 0.25) is 0 Å². The second-order valence-corrected chi connectivity index (χ2v) is 7.93. The zero-order valence-electron chi connectivity index (χ0n) is 18.5. The van der Waals surface area contributed by atoms with Crippen LogP contribution < -0.4 is 21.5 Å². The molecule has 31 heavy (non-hydrogen) atoms. The molecule has 1 fully saturated rings. The van der Waals surface area contributed by atoms with Crippen molar-refractivity contribution in [1.82, 2.24) is 4.90 Å². The highest BCUT2D eigenvalue weighted by molar-refractivity contribution is 5.99. The van der Waals surface area contributed by atoms with Gasteiger partial charge in [-0.3, -0.25) is 14.4 Å². The molecule has 0 radical (unpaired) electrons. The molecule has 1 aliphatic heterocycles. The van der Waals surface area contributed by atoms with Crippen LogP contribution in [0.2, 0.25) is 0 Å². The molecule has 1 aliphatic rings. The van der Waals surface area contributed by atoms with Crippen LogP contribution in [0.15, 0.2) is 27.8 Å². The maximum absolute atomic E-state index is 12.7. The van der Waals surface area contributed by atoms with E-state index in [2.05, 4.69) is 10.6 Å². The average Bonchev–Trinajstić information content (AvgIpc) is 3.20. The number of aromatic hydroxyl groups is 1. The normalized spacial score (nSPS) is 19.4. The molecule has 3 atom stereocenters. The van der Waals surface area contributed by atoms with Crippen molar-refractivity contribution in [3.05, 3.63) is 44.2 Å². The van der Waals surface area contributed by atoms with Crippen LogP contribution in [0.5, 0.6) is 5.75 Å². The van der Waals surface area contributed by atoms with E-state index < -0.39 is 10.9 Å². The quantitative estimate of drug-likeness (QED) is 0.415. The summed E-state index contributed by atoms with van der Waals surface area (Å²) in [6, 6.07) is 4.63.